The van der Waals surface area contributed by atoms with Crippen LogP contribution in [-0.2, 0) is 6.54 Å². The van der Waals surface area contributed by atoms with Crippen LogP contribution in [0.2, 0.25) is 0 Å². The molecule has 1 aromatic heterocycles. The lowest BCUT2D eigenvalue weighted by Crippen LogP contribution is -1.99. The van der Waals surface area contributed by atoms with Crippen LogP contribution in [0.5, 0.6) is 0 Å². The fourth-order valence-corrected chi connectivity index (χ4v) is 3.48. The van der Waals surface area contributed by atoms with Gasteiger partial charge in [0.05, 0.1) is 0 Å². The van der Waals surface area contributed by atoms with Crippen molar-refractivity contribution in [2.45, 2.75) is 6.54 Å². The molecule has 5 aromatic rings. The first kappa shape index (κ1) is 14.1. The normalized spacial score (nSPS) is 11.4. The first-order valence-corrected chi connectivity index (χ1v) is 8.50. The van der Waals surface area contributed by atoms with Crippen molar-refractivity contribution in [3.8, 4) is 0 Å². The Balaban J connectivity index is 1.50. The molecule has 2 heteroatoms. The second-order valence-electron chi connectivity index (χ2n) is 6.30. The molecule has 120 valence electrons. The van der Waals surface area contributed by atoms with Crippen molar-refractivity contribution < 1.29 is 4.42 Å². The first-order valence-electron chi connectivity index (χ1n) is 8.50. The molecule has 2 nitrogen and oxygen atoms in total. The van der Waals surface area contributed by atoms with Gasteiger partial charge in [-0.05, 0) is 40.6 Å². The van der Waals surface area contributed by atoms with Gasteiger partial charge in [0.2, 0.25) is 0 Å². The number of fused-ring (bicyclic) bond motifs is 4. The number of para-hydroxylation sites is 1. The number of benzene rings is 4. The van der Waals surface area contributed by atoms with E-state index in [2.05, 4.69) is 66.0 Å². The van der Waals surface area contributed by atoms with E-state index >= 15 is 0 Å². The van der Waals surface area contributed by atoms with Gasteiger partial charge in [0.15, 0.2) is 0 Å². The molecule has 25 heavy (non-hydrogen) atoms. The summed E-state index contributed by atoms with van der Waals surface area (Å²) in [6.45, 7) is 0.794. The third-order valence-electron chi connectivity index (χ3n) is 4.74. The van der Waals surface area contributed by atoms with Crippen LogP contribution in [0, 0.1) is 0 Å². The highest BCUT2D eigenvalue weighted by Gasteiger charge is 2.07. The number of anilines is 1. The van der Waals surface area contributed by atoms with Crippen LogP contribution in [0.15, 0.2) is 89.3 Å². The van der Waals surface area contributed by atoms with Crippen molar-refractivity contribution >= 4 is 38.4 Å². The lowest BCUT2D eigenvalue weighted by molar-refractivity contribution is 0.669. The molecular formula is C23H17NO. The fraction of sp³-hybridized carbons (Fsp3) is 0.0435. The highest BCUT2D eigenvalue weighted by atomic mass is 16.3. The van der Waals surface area contributed by atoms with E-state index < -0.39 is 0 Å². The van der Waals surface area contributed by atoms with E-state index in [9.17, 15) is 0 Å². The average Bonchev–Trinajstić information content (AvgIpc) is 3.04. The summed E-state index contributed by atoms with van der Waals surface area (Å²) in [7, 11) is 0. The molecule has 5 rings (SSSR count). The van der Waals surface area contributed by atoms with Crippen LogP contribution in [0.25, 0.3) is 32.7 Å². The Morgan fingerprint density at radius 1 is 0.640 bits per heavy atom. The minimum atomic E-state index is 0.794. The molecule has 0 aliphatic heterocycles. The van der Waals surface area contributed by atoms with E-state index in [0.29, 0.717) is 0 Å². The van der Waals surface area contributed by atoms with Crippen LogP contribution in [0.3, 0.4) is 0 Å². The lowest BCUT2D eigenvalue weighted by atomic mass is 10.0. The summed E-state index contributed by atoms with van der Waals surface area (Å²) in [6, 6.07) is 29.4. The molecule has 0 aliphatic carbocycles. The van der Waals surface area contributed by atoms with Crippen LogP contribution in [0.1, 0.15) is 5.56 Å². The molecule has 0 aliphatic rings. The zero-order valence-corrected chi connectivity index (χ0v) is 13.7. The van der Waals surface area contributed by atoms with E-state index in [0.717, 1.165) is 34.2 Å². The number of furan rings is 1. The summed E-state index contributed by atoms with van der Waals surface area (Å²) < 4.78 is 5.90. The minimum Gasteiger partial charge on any atom is -0.456 e. The molecule has 0 radical (unpaired) electrons. The minimum absolute atomic E-state index is 0.794. The van der Waals surface area contributed by atoms with Gasteiger partial charge in [-0.25, -0.2) is 0 Å². The molecule has 0 spiro atoms. The second-order valence-corrected chi connectivity index (χ2v) is 6.30. The molecule has 1 N–H and O–H groups in total. The summed E-state index contributed by atoms with van der Waals surface area (Å²) in [5.41, 5.74) is 4.27. The second kappa shape index (κ2) is 5.67. The summed E-state index contributed by atoms with van der Waals surface area (Å²) in [5.74, 6) is 0. The maximum Gasteiger partial charge on any atom is 0.135 e. The maximum atomic E-state index is 5.90. The Bertz CT molecular complexity index is 1200. The summed E-state index contributed by atoms with van der Waals surface area (Å²) in [4.78, 5) is 0. The summed E-state index contributed by atoms with van der Waals surface area (Å²) in [5, 5.41) is 8.44. The average molecular weight is 323 g/mol. The molecule has 0 atom stereocenters. The molecule has 1 heterocycles. The van der Waals surface area contributed by atoms with Crippen LogP contribution < -0.4 is 5.32 Å². The molecule has 0 fully saturated rings. The van der Waals surface area contributed by atoms with E-state index in [1.165, 1.54) is 16.3 Å². The molecule has 0 amide bonds. The summed E-state index contributed by atoms with van der Waals surface area (Å²) >= 11 is 0. The predicted molar refractivity (Wildman–Crippen MR) is 105 cm³/mol. The van der Waals surface area contributed by atoms with Gasteiger partial charge in [0.1, 0.15) is 11.2 Å². The van der Waals surface area contributed by atoms with E-state index in [1.807, 2.05) is 24.3 Å². The van der Waals surface area contributed by atoms with Crippen LogP contribution >= 0.6 is 0 Å². The summed E-state index contributed by atoms with van der Waals surface area (Å²) in [6.07, 6.45) is 0. The Labute approximate surface area is 145 Å². The standard InChI is InChI=1S/C23H17NO/c1-2-9-19-16(6-1)7-5-8-17(19)15-24-18-12-13-23-21(14-18)20-10-3-4-11-22(20)25-23/h1-14,24H,15H2. The molecular weight excluding hydrogens is 306 g/mol. The lowest BCUT2D eigenvalue weighted by Gasteiger charge is -2.09. The smallest absolute Gasteiger partial charge is 0.135 e. The molecule has 0 saturated heterocycles. The zero-order chi connectivity index (χ0) is 16.6. The van der Waals surface area contributed by atoms with Gasteiger partial charge in [-0.2, -0.15) is 0 Å². The number of nitrogens with one attached hydrogen (secondary N) is 1. The van der Waals surface area contributed by atoms with Gasteiger partial charge in [-0.1, -0.05) is 60.7 Å². The molecule has 4 aromatic carbocycles. The van der Waals surface area contributed by atoms with E-state index in [1.54, 1.807) is 0 Å². The topological polar surface area (TPSA) is 25.2 Å². The van der Waals surface area contributed by atoms with Gasteiger partial charge in [0.25, 0.3) is 0 Å². The zero-order valence-electron chi connectivity index (χ0n) is 13.7. The number of hydrogen-bond acceptors (Lipinski definition) is 2. The third kappa shape index (κ3) is 2.43. The van der Waals surface area contributed by atoms with Gasteiger partial charge in [-0.3, -0.25) is 0 Å². The van der Waals surface area contributed by atoms with E-state index in [-0.39, 0.29) is 0 Å². The van der Waals surface area contributed by atoms with Crippen molar-refractivity contribution in [3.05, 3.63) is 90.5 Å². The first-order chi connectivity index (χ1) is 12.4. The number of hydrogen-bond donors (Lipinski definition) is 1. The third-order valence-corrected chi connectivity index (χ3v) is 4.74. The van der Waals surface area contributed by atoms with Crippen molar-refractivity contribution in [2.75, 3.05) is 5.32 Å². The highest BCUT2D eigenvalue weighted by molar-refractivity contribution is 6.05. The van der Waals surface area contributed by atoms with Crippen molar-refractivity contribution in [1.29, 1.82) is 0 Å². The van der Waals surface area contributed by atoms with Gasteiger partial charge >= 0.3 is 0 Å². The van der Waals surface area contributed by atoms with Crippen LogP contribution in [0.4, 0.5) is 5.69 Å². The van der Waals surface area contributed by atoms with E-state index in [4.69, 9.17) is 4.42 Å². The Kier molecular flexibility index (Phi) is 3.20. The molecule has 0 saturated carbocycles. The van der Waals surface area contributed by atoms with Crippen molar-refractivity contribution in [1.82, 2.24) is 0 Å². The van der Waals surface area contributed by atoms with Gasteiger partial charge < -0.3 is 9.73 Å². The van der Waals surface area contributed by atoms with Crippen molar-refractivity contribution in [3.63, 3.8) is 0 Å². The monoisotopic (exact) mass is 323 g/mol. The fourth-order valence-electron chi connectivity index (χ4n) is 3.48. The maximum absolute atomic E-state index is 5.90. The molecule has 0 unspecified atom stereocenters. The van der Waals surface area contributed by atoms with Gasteiger partial charge in [0, 0.05) is 23.0 Å². The quantitative estimate of drug-likeness (QED) is 0.418. The number of rotatable bonds is 3. The highest BCUT2D eigenvalue weighted by Crippen LogP contribution is 2.30. The van der Waals surface area contributed by atoms with Crippen molar-refractivity contribution in [2.24, 2.45) is 0 Å². The molecule has 0 bridgehead atoms. The largest absolute Gasteiger partial charge is 0.456 e. The Morgan fingerprint density at radius 3 is 2.36 bits per heavy atom. The Morgan fingerprint density at radius 2 is 1.40 bits per heavy atom. The Hall–Kier alpha value is -3.26. The van der Waals surface area contributed by atoms with Gasteiger partial charge in [-0.15, -0.1) is 0 Å². The SMILES string of the molecule is c1ccc2c(CNc3ccc4oc5ccccc5c4c3)cccc2c1. The van der Waals surface area contributed by atoms with Crippen LogP contribution in [-0.4, -0.2) is 0 Å². The predicted octanol–water partition coefficient (Wildman–Crippen LogP) is 6.35.